The van der Waals surface area contributed by atoms with Gasteiger partial charge in [0.2, 0.25) is 0 Å². The first-order valence-corrected chi connectivity index (χ1v) is 22.4. The van der Waals surface area contributed by atoms with Gasteiger partial charge in [0, 0.05) is 8.07 Å². The summed E-state index contributed by atoms with van der Waals surface area (Å²) >= 11 is -0.826. The van der Waals surface area contributed by atoms with Crippen molar-refractivity contribution in [3.8, 4) is 0 Å². The Morgan fingerprint density at radius 3 is 1.39 bits per heavy atom. The molecule has 2 aliphatic rings. The summed E-state index contributed by atoms with van der Waals surface area (Å²) in [6, 6.07) is 23.8. The van der Waals surface area contributed by atoms with Crippen LogP contribution in [0, 0.1) is 13.8 Å². The number of hydrogen-bond acceptors (Lipinski definition) is 0. The summed E-state index contributed by atoms with van der Waals surface area (Å²) in [5.41, 5.74) is 4.93. The molecule has 2 saturated carbocycles. The molecule has 0 heterocycles. The van der Waals surface area contributed by atoms with Gasteiger partial charge in [0.1, 0.15) is 0 Å². The van der Waals surface area contributed by atoms with Crippen molar-refractivity contribution in [2.24, 2.45) is 0 Å². The summed E-state index contributed by atoms with van der Waals surface area (Å²) < 4.78 is 0. The topological polar surface area (TPSA) is 0 Å². The van der Waals surface area contributed by atoms with Gasteiger partial charge in [0.05, 0.1) is 0 Å². The first-order valence-electron chi connectivity index (χ1n) is 13.9. The van der Waals surface area contributed by atoms with Crippen molar-refractivity contribution in [1.82, 2.24) is 0 Å². The molecule has 4 heteroatoms. The second-order valence-corrected chi connectivity index (χ2v) is 19.3. The van der Waals surface area contributed by atoms with Gasteiger partial charge in [-0.3, -0.25) is 0 Å². The molecule has 4 aromatic rings. The van der Waals surface area contributed by atoms with Crippen LogP contribution in [0.4, 0.5) is 0 Å². The Hall–Kier alpha value is -0.660. The fraction of sp³-hybridized carbons (Fsp3) is 0.438. The third-order valence-electron chi connectivity index (χ3n) is 9.32. The van der Waals surface area contributed by atoms with Crippen LogP contribution >= 0.6 is 17.0 Å². The molecule has 0 atom stereocenters. The summed E-state index contributed by atoms with van der Waals surface area (Å²) in [7, 11) is 7.81. The molecule has 6 rings (SSSR count). The molecule has 4 aromatic carbocycles. The minimum atomic E-state index is -2.06. The number of aryl methyl sites for hydroxylation is 2. The van der Waals surface area contributed by atoms with Crippen molar-refractivity contribution >= 4 is 57.0 Å². The van der Waals surface area contributed by atoms with Crippen molar-refractivity contribution < 1.29 is 20.8 Å². The first-order chi connectivity index (χ1) is 17.6. The van der Waals surface area contributed by atoms with Crippen molar-refractivity contribution in [1.29, 1.82) is 0 Å². The number of rotatable bonds is 4. The van der Waals surface area contributed by atoms with Crippen LogP contribution in [-0.4, -0.2) is 8.07 Å². The van der Waals surface area contributed by atoms with Gasteiger partial charge in [-0.2, -0.15) is 10.4 Å². The molecule has 0 radical (unpaired) electrons. The van der Waals surface area contributed by atoms with Gasteiger partial charge in [0.25, 0.3) is 0 Å². The Balaban J connectivity index is 0.000000848. The quantitative estimate of drug-likeness (QED) is 0.159. The van der Waals surface area contributed by atoms with Crippen LogP contribution in [0.3, 0.4) is 0 Å². The molecule has 36 heavy (non-hydrogen) atoms. The zero-order chi connectivity index (χ0) is 25.1. The van der Waals surface area contributed by atoms with E-state index in [9.17, 15) is 0 Å². The van der Waals surface area contributed by atoms with E-state index >= 15 is 0 Å². The predicted octanol–water partition coefficient (Wildman–Crippen LogP) is 9.66. The molecule has 2 aliphatic carbocycles. The molecule has 188 valence electrons. The molecule has 0 spiro atoms. The molecule has 0 nitrogen and oxygen atoms in total. The zero-order valence-electron chi connectivity index (χ0n) is 21.8. The van der Waals surface area contributed by atoms with Gasteiger partial charge in [-0.1, -0.05) is 101 Å². The van der Waals surface area contributed by atoms with E-state index in [2.05, 4.69) is 74.5 Å². The fourth-order valence-electron chi connectivity index (χ4n) is 8.23. The Kier molecular flexibility index (Phi) is 8.99. The second kappa shape index (κ2) is 12.0. The molecule has 0 amide bonds. The monoisotopic (exact) mass is 610 g/mol. The summed E-state index contributed by atoms with van der Waals surface area (Å²) in [6.07, 6.45) is 14.4. The molecule has 0 N–H and O–H groups in total. The van der Waals surface area contributed by atoms with E-state index < -0.39 is 28.9 Å². The average Bonchev–Trinajstić information content (AvgIpc) is 3.43. The van der Waals surface area contributed by atoms with Crippen LogP contribution in [0.5, 0.6) is 0 Å². The summed E-state index contributed by atoms with van der Waals surface area (Å²) in [4.78, 5) is 0. The van der Waals surface area contributed by atoms with Crippen molar-refractivity contribution in [3.63, 3.8) is 0 Å². The van der Waals surface area contributed by atoms with E-state index in [1.54, 1.807) is 21.9 Å². The van der Waals surface area contributed by atoms with Gasteiger partial charge in [0.15, 0.2) is 0 Å². The second-order valence-electron chi connectivity index (χ2n) is 11.2. The number of fused-ring (bicyclic) bond motifs is 2. The maximum atomic E-state index is 4.93. The molecule has 0 aliphatic heterocycles. The fourth-order valence-corrected chi connectivity index (χ4v) is 16.2. The van der Waals surface area contributed by atoms with Gasteiger partial charge in [-0.25, -0.2) is 0 Å². The van der Waals surface area contributed by atoms with E-state index in [1.807, 2.05) is 10.4 Å². The minimum absolute atomic E-state index is 0.826. The number of benzene rings is 2. The van der Waals surface area contributed by atoms with Crippen LogP contribution < -0.4 is 10.4 Å². The van der Waals surface area contributed by atoms with Crippen LogP contribution in [0.1, 0.15) is 75.3 Å². The Morgan fingerprint density at radius 2 is 1.00 bits per heavy atom. The average molecular weight is 613 g/mol. The zero-order valence-corrected chi connectivity index (χ0v) is 26.7. The number of halogens is 2. The van der Waals surface area contributed by atoms with Crippen LogP contribution in [-0.2, 0) is 20.8 Å². The molecule has 0 bridgehead atoms. The normalized spacial score (nSPS) is 17.7. The third kappa shape index (κ3) is 4.79. The van der Waals surface area contributed by atoms with Gasteiger partial charge in [-0.05, 0) is 0 Å². The summed E-state index contributed by atoms with van der Waals surface area (Å²) in [5.74, 6) is 0. The van der Waals surface area contributed by atoms with Gasteiger partial charge in [-0.15, -0.1) is 81.2 Å². The first kappa shape index (κ1) is 26.9. The van der Waals surface area contributed by atoms with Gasteiger partial charge >= 0.3 is 37.9 Å². The van der Waals surface area contributed by atoms with Crippen LogP contribution in [0.15, 0.2) is 60.7 Å². The molecule has 0 saturated heterocycles. The number of hydrogen-bond donors (Lipinski definition) is 0. The standard InChI is InChI=1S/C32H38Si.2ClH.Zr/c1-23-21-25-13-9-11-19-29(25)31(23)33(27-15-5-3-6-16-27,28-17-7-4-8-18-28)32-24(2)22-26-14-10-12-20-30(26)32;;;/h9-14,19-22,27-28H,3-8,15-18H2,1-2H3;2*1H;/q-2;;;+4/p-2. The summed E-state index contributed by atoms with van der Waals surface area (Å²) in [5, 5.41) is 9.78. The van der Waals surface area contributed by atoms with E-state index in [1.165, 1.54) is 75.0 Å². The molecule has 0 aromatic heterocycles. The van der Waals surface area contributed by atoms with Crippen LogP contribution in [0.25, 0.3) is 21.5 Å². The SMILES string of the molecule is Cc1[cH-]c2ccccc2c1[Si](c1c(C)[cH-]c2ccccc12)(C1CCCCC1)C1CCCCC1.[Cl][Zr+2][Cl]. The Bertz CT molecular complexity index is 1190. The Labute approximate surface area is 237 Å². The Morgan fingerprint density at radius 1 is 0.639 bits per heavy atom. The molecule has 0 unspecified atom stereocenters. The molecular formula is C32H38Cl2SiZr. The van der Waals surface area contributed by atoms with Crippen molar-refractivity contribution in [2.75, 3.05) is 0 Å². The van der Waals surface area contributed by atoms with Gasteiger partial charge < -0.3 is 0 Å². The van der Waals surface area contributed by atoms with E-state index in [-0.39, 0.29) is 0 Å². The van der Waals surface area contributed by atoms with E-state index in [4.69, 9.17) is 17.0 Å². The molecular weight excluding hydrogens is 575 g/mol. The van der Waals surface area contributed by atoms with Crippen LogP contribution in [0.2, 0.25) is 11.1 Å². The maximum absolute atomic E-state index is 4.93. The molecule has 2 fully saturated rings. The van der Waals surface area contributed by atoms with Crippen molar-refractivity contribution in [2.45, 2.75) is 89.1 Å². The van der Waals surface area contributed by atoms with E-state index in [0.29, 0.717) is 0 Å². The predicted molar refractivity (Wildman–Crippen MR) is 159 cm³/mol. The third-order valence-corrected chi connectivity index (χ3v) is 16.0. The van der Waals surface area contributed by atoms with E-state index in [0.717, 1.165) is 11.1 Å². The van der Waals surface area contributed by atoms with Crippen molar-refractivity contribution in [3.05, 3.63) is 71.8 Å². The summed E-state index contributed by atoms with van der Waals surface area (Å²) in [6.45, 7) is 4.90.